The minimum atomic E-state index is 0.664. The lowest BCUT2D eigenvalue weighted by Crippen LogP contribution is -2.18. The molecule has 2 heterocycles. The molecule has 1 aromatic heterocycles. The van der Waals surface area contributed by atoms with Gasteiger partial charge in [0.1, 0.15) is 0 Å². The largest absolute Gasteiger partial charge is 0.481 e. The van der Waals surface area contributed by atoms with E-state index in [9.17, 15) is 0 Å². The van der Waals surface area contributed by atoms with Gasteiger partial charge in [-0.05, 0) is 30.9 Å². The van der Waals surface area contributed by atoms with E-state index in [1.165, 1.54) is 18.4 Å². The fourth-order valence-corrected chi connectivity index (χ4v) is 1.99. The summed E-state index contributed by atoms with van der Waals surface area (Å²) < 4.78 is 10.4. The van der Waals surface area contributed by atoms with E-state index < -0.39 is 0 Å². The molecule has 1 N–H and O–H groups in total. The van der Waals surface area contributed by atoms with Crippen LogP contribution in [0.5, 0.6) is 5.88 Å². The third-order valence-electron chi connectivity index (χ3n) is 3.09. The Bertz CT molecular complexity index is 321. The molecule has 4 nitrogen and oxygen atoms in total. The van der Waals surface area contributed by atoms with Crippen LogP contribution in [0.3, 0.4) is 0 Å². The highest BCUT2D eigenvalue weighted by atomic mass is 16.5. The van der Waals surface area contributed by atoms with Crippen LogP contribution < -0.4 is 10.1 Å². The fraction of sp³-hybridized carbons (Fsp3) is 0.615. The van der Waals surface area contributed by atoms with Gasteiger partial charge in [-0.2, -0.15) is 0 Å². The van der Waals surface area contributed by atoms with Crippen molar-refractivity contribution >= 4 is 0 Å². The molecule has 1 fully saturated rings. The Kier molecular flexibility index (Phi) is 4.76. The maximum absolute atomic E-state index is 5.35. The highest BCUT2D eigenvalue weighted by Crippen LogP contribution is 2.15. The van der Waals surface area contributed by atoms with Crippen molar-refractivity contribution in [3.8, 4) is 5.88 Å². The first-order chi connectivity index (χ1) is 8.38. The average Bonchev–Trinajstić information content (AvgIpc) is 2.88. The lowest BCUT2D eigenvalue weighted by Gasteiger charge is -2.08. The number of rotatable bonds is 6. The first kappa shape index (κ1) is 12.3. The minimum Gasteiger partial charge on any atom is -0.481 e. The van der Waals surface area contributed by atoms with Crippen molar-refractivity contribution < 1.29 is 9.47 Å². The molecular formula is C13H20N2O2. The summed E-state index contributed by atoms with van der Waals surface area (Å²) >= 11 is 0. The number of pyridine rings is 1. The van der Waals surface area contributed by atoms with E-state index in [0.717, 1.165) is 32.2 Å². The Hall–Kier alpha value is -1.13. The number of nitrogens with zero attached hydrogens (tertiary/aromatic N) is 1. The fourth-order valence-electron chi connectivity index (χ4n) is 1.99. The number of nitrogens with one attached hydrogen (secondary N) is 1. The van der Waals surface area contributed by atoms with Crippen molar-refractivity contribution in [1.82, 2.24) is 10.3 Å². The van der Waals surface area contributed by atoms with Crippen molar-refractivity contribution in [2.45, 2.75) is 19.4 Å². The highest BCUT2D eigenvalue weighted by molar-refractivity contribution is 5.17. The summed E-state index contributed by atoms with van der Waals surface area (Å²) in [5, 5.41) is 3.43. The van der Waals surface area contributed by atoms with Gasteiger partial charge in [0.15, 0.2) is 0 Å². The van der Waals surface area contributed by atoms with Crippen LogP contribution in [-0.4, -0.2) is 31.9 Å². The Morgan fingerprint density at radius 1 is 1.53 bits per heavy atom. The standard InChI is InChI=1S/C13H20N2O2/c1-16-13-3-2-12(9-15-13)8-14-6-4-11-5-7-17-10-11/h2-3,9,11,14H,4-8,10H2,1H3. The summed E-state index contributed by atoms with van der Waals surface area (Å²) in [4.78, 5) is 4.17. The smallest absolute Gasteiger partial charge is 0.212 e. The molecule has 0 radical (unpaired) electrons. The van der Waals surface area contributed by atoms with Gasteiger partial charge in [-0.15, -0.1) is 0 Å². The van der Waals surface area contributed by atoms with Crippen LogP contribution in [0.25, 0.3) is 0 Å². The Morgan fingerprint density at radius 2 is 2.47 bits per heavy atom. The number of hydrogen-bond donors (Lipinski definition) is 1. The summed E-state index contributed by atoms with van der Waals surface area (Å²) in [7, 11) is 1.63. The van der Waals surface area contributed by atoms with Gasteiger partial charge in [-0.1, -0.05) is 6.07 Å². The molecule has 1 aliphatic heterocycles. The van der Waals surface area contributed by atoms with Gasteiger partial charge in [-0.25, -0.2) is 4.98 Å². The molecule has 0 saturated carbocycles. The monoisotopic (exact) mass is 236 g/mol. The van der Waals surface area contributed by atoms with E-state index in [-0.39, 0.29) is 0 Å². The van der Waals surface area contributed by atoms with Crippen molar-refractivity contribution in [2.24, 2.45) is 5.92 Å². The summed E-state index contributed by atoms with van der Waals surface area (Å²) in [5.74, 6) is 1.41. The Morgan fingerprint density at radius 3 is 3.12 bits per heavy atom. The molecule has 1 unspecified atom stereocenters. The van der Waals surface area contributed by atoms with E-state index in [4.69, 9.17) is 9.47 Å². The Balaban J connectivity index is 1.63. The van der Waals surface area contributed by atoms with Crippen molar-refractivity contribution in [2.75, 3.05) is 26.9 Å². The van der Waals surface area contributed by atoms with Crippen molar-refractivity contribution in [3.05, 3.63) is 23.9 Å². The van der Waals surface area contributed by atoms with Gasteiger partial charge < -0.3 is 14.8 Å². The predicted octanol–water partition coefficient (Wildman–Crippen LogP) is 1.61. The number of aromatic nitrogens is 1. The number of methoxy groups -OCH3 is 1. The van der Waals surface area contributed by atoms with E-state index in [1.807, 2.05) is 18.3 Å². The molecule has 0 aliphatic carbocycles. The van der Waals surface area contributed by atoms with Crippen LogP contribution in [0, 0.1) is 5.92 Å². The molecule has 17 heavy (non-hydrogen) atoms. The normalized spacial score (nSPS) is 19.5. The average molecular weight is 236 g/mol. The summed E-state index contributed by atoms with van der Waals surface area (Å²) in [6.45, 7) is 3.78. The molecule has 2 rings (SSSR count). The lowest BCUT2D eigenvalue weighted by atomic mass is 10.1. The first-order valence-corrected chi connectivity index (χ1v) is 6.16. The minimum absolute atomic E-state index is 0.664. The number of hydrogen-bond acceptors (Lipinski definition) is 4. The second kappa shape index (κ2) is 6.57. The molecule has 0 amide bonds. The number of ether oxygens (including phenoxy) is 2. The second-order valence-electron chi connectivity index (χ2n) is 4.40. The zero-order chi connectivity index (χ0) is 11.9. The van der Waals surface area contributed by atoms with E-state index in [0.29, 0.717) is 5.88 Å². The van der Waals surface area contributed by atoms with Gasteiger partial charge in [0, 0.05) is 32.0 Å². The predicted molar refractivity (Wildman–Crippen MR) is 66.0 cm³/mol. The van der Waals surface area contributed by atoms with Crippen LogP contribution in [0.1, 0.15) is 18.4 Å². The summed E-state index contributed by atoms with van der Waals surface area (Å²) in [6.07, 6.45) is 4.26. The SMILES string of the molecule is COc1ccc(CNCCC2CCOC2)cn1. The second-order valence-corrected chi connectivity index (χ2v) is 4.40. The van der Waals surface area contributed by atoms with Gasteiger partial charge >= 0.3 is 0 Å². The third kappa shape index (κ3) is 3.98. The van der Waals surface area contributed by atoms with Gasteiger partial charge in [0.25, 0.3) is 0 Å². The van der Waals surface area contributed by atoms with E-state index in [2.05, 4.69) is 10.3 Å². The zero-order valence-corrected chi connectivity index (χ0v) is 10.3. The molecule has 1 saturated heterocycles. The summed E-state index contributed by atoms with van der Waals surface area (Å²) in [6, 6.07) is 3.93. The molecule has 0 aromatic carbocycles. The van der Waals surface area contributed by atoms with Crippen molar-refractivity contribution in [3.63, 3.8) is 0 Å². The van der Waals surface area contributed by atoms with Crippen LogP contribution in [0.2, 0.25) is 0 Å². The molecule has 4 heteroatoms. The molecule has 0 bridgehead atoms. The molecule has 1 aromatic rings. The molecular weight excluding hydrogens is 216 g/mol. The topological polar surface area (TPSA) is 43.4 Å². The van der Waals surface area contributed by atoms with Gasteiger partial charge in [0.05, 0.1) is 7.11 Å². The summed E-state index contributed by atoms with van der Waals surface area (Å²) in [5.41, 5.74) is 1.19. The van der Waals surface area contributed by atoms with E-state index >= 15 is 0 Å². The molecule has 94 valence electrons. The van der Waals surface area contributed by atoms with Crippen LogP contribution in [0.15, 0.2) is 18.3 Å². The first-order valence-electron chi connectivity index (χ1n) is 6.16. The third-order valence-corrected chi connectivity index (χ3v) is 3.09. The van der Waals surface area contributed by atoms with Crippen LogP contribution >= 0.6 is 0 Å². The van der Waals surface area contributed by atoms with Crippen LogP contribution in [-0.2, 0) is 11.3 Å². The van der Waals surface area contributed by atoms with Crippen molar-refractivity contribution in [1.29, 1.82) is 0 Å². The quantitative estimate of drug-likeness (QED) is 0.762. The lowest BCUT2D eigenvalue weighted by molar-refractivity contribution is 0.184. The highest BCUT2D eigenvalue weighted by Gasteiger charge is 2.14. The van der Waals surface area contributed by atoms with E-state index in [1.54, 1.807) is 7.11 Å². The van der Waals surface area contributed by atoms with Gasteiger partial charge in [0.2, 0.25) is 5.88 Å². The van der Waals surface area contributed by atoms with Crippen LogP contribution in [0.4, 0.5) is 0 Å². The van der Waals surface area contributed by atoms with Gasteiger partial charge in [-0.3, -0.25) is 0 Å². The zero-order valence-electron chi connectivity index (χ0n) is 10.3. The maximum atomic E-state index is 5.35. The molecule has 1 aliphatic rings. The Labute approximate surface area is 102 Å². The molecule has 0 spiro atoms. The maximum Gasteiger partial charge on any atom is 0.212 e. The molecule has 1 atom stereocenters.